The minimum atomic E-state index is -0.499. The van der Waals surface area contributed by atoms with Crippen LogP contribution in [0.1, 0.15) is 30.0 Å². The number of hydrogen-bond donors (Lipinski definition) is 1. The molecule has 0 aliphatic carbocycles. The van der Waals surface area contributed by atoms with Gasteiger partial charge in [0.25, 0.3) is 0 Å². The first-order valence-electron chi connectivity index (χ1n) is 5.39. The van der Waals surface area contributed by atoms with Gasteiger partial charge in [-0.05, 0) is 26.8 Å². The fourth-order valence-corrected chi connectivity index (χ4v) is 1.92. The van der Waals surface area contributed by atoms with E-state index in [9.17, 15) is 4.39 Å². The molecule has 2 rings (SSSR count). The Bertz CT molecular complexity index is 505. The lowest BCUT2D eigenvalue weighted by Gasteiger charge is -2.14. The molecular formula is C12H14FN3O. The fourth-order valence-electron chi connectivity index (χ4n) is 1.92. The standard InChI is InChI=1S/C12H14FN3O/c1-7(12-8(2)16-17-9(12)3)15-10-4-5-14-11(13)6-10/h4-7H,1-3H3,(H,14,15). The quantitative estimate of drug-likeness (QED) is 0.831. The van der Waals surface area contributed by atoms with Crippen molar-refractivity contribution in [1.29, 1.82) is 0 Å². The van der Waals surface area contributed by atoms with Crippen molar-refractivity contribution < 1.29 is 8.91 Å². The van der Waals surface area contributed by atoms with Crippen LogP contribution >= 0.6 is 0 Å². The SMILES string of the molecule is Cc1noc(C)c1C(C)Nc1ccnc(F)c1. The van der Waals surface area contributed by atoms with E-state index in [-0.39, 0.29) is 6.04 Å². The number of nitrogens with zero attached hydrogens (tertiary/aromatic N) is 2. The van der Waals surface area contributed by atoms with E-state index in [4.69, 9.17) is 4.52 Å². The second-order valence-corrected chi connectivity index (χ2v) is 3.97. The Morgan fingerprint density at radius 1 is 1.41 bits per heavy atom. The second-order valence-electron chi connectivity index (χ2n) is 3.97. The van der Waals surface area contributed by atoms with Gasteiger partial charge in [0.05, 0.1) is 11.7 Å². The molecule has 4 nitrogen and oxygen atoms in total. The van der Waals surface area contributed by atoms with Gasteiger partial charge in [-0.3, -0.25) is 0 Å². The zero-order valence-corrected chi connectivity index (χ0v) is 9.99. The minimum Gasteiger partial charge on any atom is -0.378 e. The van der Waals surface area contributed by atoms with Gasteiger partial charge in [0.15, 0.2) is 0 Å². The first-order chi connectivity index (χ1) is 8.08. The molecule has 0 fully saturated rings. The highest BCUT2D eigenvalue weighted by atomic mass is 19.1. The van der Waals surface area contributed by atoms with Crippen molar-refractivity contribution in [2.75, 3.05) is 5.32 Å². The average molecular weight is 235 g/mol. The van der Waals surface area contributed by atoms with Crippen LogP contribution in [-0.4, -0.2) is 10.1 Å². The van der Waals surface area contributed by atoms with Crippen molar-refractivity contribution in [3.8, 4) is 0 Å². The molecule has 90 valence electrons. The summed E-state index contributed by atoms with van der Waals surface area (Å²) in [6.07, 6.45) is 1.43. The number of nitrogens with one attached hydrogen (secondary N) is 1. The zero-order chi connectivity index (χ0) is 12.4. The summed E-state index contributed by atoms with van der Waals surface area (Å²) in [4.78, 5) is 3.51. The molecule has 17 heavy (non-hydrogen) atoms. The van der Waals surface area contributed by atoms with Gasteiger partial charge < -0.3 is 9.84 Å². The van der Waals surface area contributed by atoms with Crippen molar-refractivity contribution in [3.05, 3.63) is 41.3 Å². The van der Waals surface area contributed by atoms with Crippen LogP contribution in [0, 0.1) is 19.8 Å². The van der Waals surface area contributed by atoms with Crippen LogP contribution in [0.5, 0.6) is 0 Å². The molecule has 2 aromatic rings. The highest BCUT2D eigenvalue weighted by Crippen LogP contribution is 2.24. The summed E-state index contributed by atoms with van der Waals surface area (Å²) in [5.74, 6) is 0.276. The second kappa shape index (κ2) is 4.53. The van der Waals surface area contributed by atoms with Crippen LogP contribution in [0.4, 0.5) is 10.1 Å². The first-order valence-corrected chi connectivity index (χ1v) is 5.39. The lowest BCUT2D eigenvalue weighted by atomic mass is 10.1. The highest BCUT2D eigenvalue weighted by molar-refractivity contribution is 5.44. The van der Waals surface area contributed by atoms with E-state index >= 15 is 0 Å². The number of anilines is 1. The number of halogens is 1. The van der Waals surface area contributed by atoms with E-state index in [1.165, 1.54) is 12.3 Å². The topological polar surface area (TPSA) is 51.0 Å². The third-order valence-corrected chi connectivity index (χ3v) is 2.63. The summed E-state index contributed by atoms with van der Waals surface area (Å²) in [6.45, 7) is 5.72. The third kappa shape index (κ3) is 2.43. The minimum absolute atomic E-state index is 0.00282. The maximum atomic E-state index is 12.9. The summed E-state index contributed by atoms with van der Waals surface area (Å²) in [5, 5.41) is 7.08. The summed E-state index contributed by atoms with van der Waals surface area (Å²) in [7, 11) is 0. The van der Waals surface area contributed by atoms with Crippen molar-refractivity contribution in [2.24, 2.45) is 0 Å². The molecule has 1 unspecified atom stereocenters. The van der Waals surface area contributed by atoms with Crippen molar-refractivity contribution >= 4 is 5.69 Å². The molecule has 5 heteroatoms. The molecule has 0 radical (unpaired) electrons. The summed E-state index contributed by atoms with van der Waals surface area (Å²) >= 11 is 0. The van der Waals surface area contributed by atoms with Crippen molar-refractivity contribution in [3.63, 3.8) is 0 Å². The van der Waals surface area contributed by atoms with Gasteiger partial charge in [0, 0.05) is 23.5 Å². The predicted molar refractivity (Wildman–Crippen MR) is 62.2 cm³/mol. The van der Waals surface area contributed by atoms with Gasteiger partial charge in [-0.1, -0.05) is 5.16 Å². The maximum Gasteiger partial charge on any atom is 0.214 e. The van der Waals surface area contributed by atoms with Crippen LogP contribution in [-0.2, 0) is 0 Å². The third-order valence-electron chi connectivity index (χ3n) is 2.63. The molecule has 0 bridgehead atoms. The van der Waals surface area contributed by atoms with E-state index in [1.54, 1.807) is 6.07 Å². The number of rotatable bonds is 3. The number of aryl methyl sites for hydroxylation is 2. The fraction of sp³-hybridized carbons (Fsp3) is 0.333. The Balaban J connectivity index is 2.20. The van der Waals surface area contributed by atoms with E-state index in [1.807, 2.05) is 20.8 Å². The Morgan fingerprint density at radius 2 is 2.18 bits per heavy atom. The van der Waals surface area contributed by atoms with Gasteiger partial charge in [-0.15, -0.1) is 0 Å². The summed E-state index contributed by atoms with van der Waals surface area (Å²) < 4.78 is 18.0. The number of pyridine rings is 1. The molecule has 0 amide bonds. The molecule has 2 aromatic heterocycles. The van der Waals surface area contributed by atoms with Gasteiger partial charge in [-0.2, -0.15) is 4.39 Å². The molecule has 0 aromatic carbocycles. The molecule has 2 heterocycles. The van der Waals surface area contributed by atoms with Crippen molar-refractivity contribution in [1.82, 2.24) is 10.1 Å². The molecule has 0 spiro atoms. The highest BCUT2D eigenvalue weighted by Gasteiger charge is 2.16. The smallest absolute Gasteiger partial charge is 0.214 e. The Hall–Kier alpha value is -1.91. The molecule has 0 aliphatic rings. The maximum absolute atomic E-state index is 12.9. The molecule has 1 N–H and O–H groups in total. The van der Waals surface area contributed by atoms with Gasteiger partial charge in [0.2, 0.25) is 5.95 Å². The van der Waals surface area contributed by atoms with Crippen LogP contribution in [0.25, 0.3) is 0 Å². The zero-order valence-electron chi connectivity index (χ0n) is 9.99. The lowest BCUT2D eigenvalue weighted by Crippen LogP contribution is -2.08. The Morgan fingerprint density at radius 3 is 2.76 bits per heavy atom. The van der Waals surface area contributed by atoms with E-state index in [2.05, 4.69) is 15.5 Å². The Labute approximate surface area is 98.8 Å². The van der Waals surface area contributed by atoms with Crippen LogP contribution in [0.15, 0.2) is 22.9 Å². The lowest BCUT2D eigenvalue weighted by molar-refractivity contribution is 0.392. The first kappa shape index (κ1) is 11.6. The number of hydrogen-bond acceptors (Lipinski definition) is 4. The predicted octanol–water partition coefficient (Wildman–Crippen LogP) is 3.00. The molecule has 0 saturated carbocycles. The normalized spacial score (nSPS) is 12.5. The van der Waals surface area contributed by atoms with Crippen molar-refractivity contribution in [2.45, 2.75) is 26.8 Å². The average Bonchev–Trinajstić information content (AvgIpc) is 2.58. The molecule has 0 aliphatic heterocycles. The van der Waals surface area contributed by atoms with Gasteiger partial charge in [0.1, 0.15) is 5.76 Å². The van der Waals surface area contributed by atoms with E-state index in [0.29, 0.717) is 5.69 Å². The van der Waals surface area contributed by atoms with E-state index < -0.39 is 5.95 Å². The largest absolute Gasteiger partial charge is 0.378 e. The van der Waals surface area contributed by atoms with Crippen LogP contribution in [0.3, 0.4) is 0 Å². The monoisotopic (exact) mass is 235 g/mol. The number of aromatic nitrogens is 2. The summed E-state index contributed by atoms with van der Waals surface area (Å²) in [6, 6.07) is 3.08. The molecular weight excluding hydrogens is 221 g/mol. The van der Waals surface area contributed by atoms with Gasteiger partial charge >= 0.3 is 0 Å². The molecule has 1 atom stereocenters. The molecule has 0 saturated heterocycles. The van der Waals surface area contributed by atoms with E-state index in [0.717, 1.165) is 17.0 Å². The van der Waals surface area contributed by atoms with Crippen LogP contribution < -0.4 is 5.32 Å². The Kier molecular flexibility index (Phi) is 3.08. The van der Waals surface area contributed by atoms with Crippen LogP contribution in [0.2, 0.25) is 0 Å². The van der Waals surface area contributed by atoms with Gasteiger partial charge in [-0.25, -0.2) is 4.98 Å². The summed E-state index contributed by atoms with van der Waals surface area (Å²) in [5.41, 5.74) is 2.53.